The van der Waals surface area contributed by atoms with Gasteiger partial charge in [0.05, 0.1) is 5.52 Å². The Morgan fingerprint density at radius 3 is 2.33 bits per heavy atom. The molecular weight excluding hydrogens is 439 g/mol. The van der Waals surface area contributed by atoms with Gasteiger partial charge in [0.2, 0.25) is 0 Å². The van der Waals surface area contributed by atoms with E-state index in [1.165, 1.54) is 50.9 Å². The van der Waals surface area contributed by atoms with Crippen molar-refractivity contribution >= 4 is 28.5 Å². The predicted molar refractivity (Wildman–Crippen MR) is 116 cm³/mol. The zero-order chi connectivity index (χ0) is 23.6. The molecule has 4 aliphatic rings. The highest BCUT2D eigenvalue weighted by Crippen LogP contribution is 2.29. The Morgan fingerprint density at radius 1 is 1.09 bits per heavy atom. The van der Waals surface area contributed by atoms with Gasteiger partial charge in [0, 0.05) is 36.7 Å². The van der Waals surface area contributed by atoms with Crippen LogP contribution in [-0.4, -0.2) is 77.0 Å². The fourth-order valence-corrected chi connectivity index (χ4v) is 4.89. The smallest absolute Gasteiger partial charge is 0.475 e. The van der Waals surface area contributed by atoms with Crippen molar-refractivity contribution in [3.05, 3.63) is 23.9 Å². The molecule has 1 atom stereocenters. The molecule has 4 fully saturated rings. The highest BCUT2D eigenvalue weighted by molar-refractivity contribution is 6.05. The molecule has 5 heterocycles. The van der Waals surface area contributed by atoms with Gasteiger partial charge in [0.25, 0.3) is 5.91 Å². The molecule has 180 valence electrons. The molecular formula is C22H28F3N5O3. The first-order valence-electron chi connectivity index (χ1n) is 11.3. The number of nitrogens with one attached hydrogen (secondary N) is 2. The summed E-state index contributed by atoms with van der Waals surface area (Å²) in [6, 6.07) is 6.59. The van der Waals surface area contributed by atoms with Crippen molar-refractivity contribution in [1.29, 1.82) is 0 Å². The van der Waals surface area contributed by atoms with Crippen molar-refractivity contribution in [2.45, 2.75) is 44.3 Å². The predicted octanol–water partition coefficient (Wildman–Crippen LogP) is 3.01. The first-order chi connectivity index (χ1) is 15.7. The maximum Gasteiger partial charge on any atom is 0.490 e. The zero-order valence-corrected chi connectivity index (χ0v) is 18.2. The number of carbonyl (C=O) groups excluding carboxylic acids is 1. The molecule has 1 amide bonds. The monoisotopic (exact) mass is 467 g/mol. The van der Waals surface area contributed by atoms with Crippen LogP contribution in [0.25, 0.3) is 10.9 Å². The number of hydrogen-bond acceptors (Lipinski definition) is 5. The van der Waals surface area contributed by atoms with Crippen LogP contribution in [0.5, 0.6) is 0 Å². The van der Waals surface area contributed by atoms with Gasteiger partial charge < -0.3 is 20.2 Å². The van der Waals surface area contributed by atoms with E-state index >= 15 is 0 Å². The summed E-state index contributed by atoms with van der Waals surface area (Å²) in [6.07, 6.45) is 1.16. The number of aromatic amines is 1. The maximum atomic E-state index is 12.8. The van der Waals surface area contributed by atoms with Crippen LogP contribution in [0.15, 0.2) is 18.2 Å². The van der Waals surface area contributed by atoms with E-state index in [-0.39, 0.29) is 11.9 Å². The number of carbonyl (C=O) groups is 2. The van der Waals surface area contributed by atoms with Gasteiger partial charge in [-0.3, -0.25) is 9.89 Å². The summed E-state index contributed by atoms with van der Waals surface area (Å²) in [5.41, 5.74) is 2.71. The Bertz CT molecular complexity index is 995. The Labute approximate surface area is 189 Å². The molecule has 8 nitrogen and oxygen atoms in total. The molecule has 1 aromatic heterocycles. The molecule has 0 saturated carbocycles. The lowest BCUT2D eigenvalue weighted by Gasteiger charge is -2.44. The van der Waals surface area contributed by atoms with Gasteiger partial charge >= 0.3 is 12.1 Å². The van der Waals surface area contributed by atoms with E-state index in [4.69, 9.17) is 9.90 Å². The van der Waals surface area contributed by atoms with Crippen molar-refractivity contribution in [2.24, 2.45) is 5.92 Å². The van der Waals surface area contributed by atoms with E-state index in [2.05, 4.69) is 37.4 Å². The average Bonchev–Trinajstić information content (AvgIpc) is 3.24. The molecule has 0 aliphatic carbocycles. The van der Waals surface area contributed by atoms with Crippen LogP contribution in [0.3, 0.4) is 0 Å². The number of aromatic nitrogens is 2. The largest absolute Gasteiger partial charge is 0.490 e. The van der Waals surface area contributed by atoms with Crippen LogP contribution in [0.1, 0.15) is 42.6 Å². The third-order valence-electron chi connectivity index (χ3n) is 6.70. The van der Waals surface area contributed by atoms with Crippen LogP contribution in [0.4, 0.5) is 18.9 Å². The molecule has 2 aromatic rings. The highest BCUT2D eigenvalue weighted by Gasteiger charge is 2.38. The number of piperidine rings is 4. The molecule has 33 heavy (non-hydrogen) atoms. The third-order valence-corrected chi connectivity index (χ3v) is 6.70. The summed E-state index contributed by atoms with van der Waals surface area (Å²) in [6.45, 7) is 5.58. The van der Waals surface area contributed by atoms with E-state index in [0.717, 1.165) is 30.5 Å². The standard InChI is InChI=1S/C20H27N5O.C2HF3O2/c26-20(21-18-13-24-10-6-14(18)7-11-24)19-16-5-4-15(12-17(16)22-23-19)25-8-2-1-3-9-25;3-2(4,5)1(6)7/h4-5,12,14,18H,1-3,6-11,13H2,(H,21,26)(H,22,23);(H,6,7)/t18-;/m1./s1. The van der Waals surface area contributed by atoms with Gasteiger partial charge in [0.1, 0.15) is 0 Å². The second-order valence-electron chi connectivity index (χ2n) is 8.87. The molecule has 0 radical (unpaired) electrons. The molecule has 0 spiro atoms. The minimum atomic E-state index is -5.08. The molecule has 3 N–H and O–H groups in total. The summed E-state index contributed by atoms with van der Waals surface area (Å²) in [5.74, 6) is -2.17. The number of benzene rings is 1. The summed E-state index contributed by atoms with van der Waals surface area (Å²) >= 11 is 0. The lowest BCUT2D eigenvalue weighted by Crippen LogP contribution is -2.57. The SMILES string of the molecule is O=C(N[C@@H]1CN2CCC1CC2)c1n[nH]c2cc(N3CCCCC3)ccc12.O=C(O)C(F)(F)F. The number of hydrogen-bond donors (Lipinski definition) is 3. The Morgan fingerprint density at radius 2 is 1.76 bits per heavy atom. The number of H-pyrrole nitrogens is 1. The van der Waals surface area contributed by atoms with Crippen LogP contribution in [0.2, 0.25) is 0 Å². The van der Waals surface area contributed by atoms with Gasteiger partial charge in [-0.1, -0.05) is 0 Å². The van der Waals surface area contributed by atoms with E-state index < -0.39 is 12.1 Å². The minimum absolute atomic E-state index is 0.0410. The first kappa shape index (κ1) is 23.3. The van der Waals surface area contributed by atoms with Crippen LogP contribution in [0, 0.1) is 5.92 Å². The number of anilines is 1. The van der Waals surface area contributed by atoms with Crippen molar-refractivity contribution in [3.8, 4) is 0 Å². The molecule has 2 bridgehead atoms. The van der Waals surface area contributed by atoms with Crippen LogP contribution in [-0.2, 0) is 4.79 Å². The van der Waals surface area contributed by atoms with Crippen molar-refractivity contribution < 1.29 is 27.9 Å². The quantitative estimate of drug-likeness (QED) is 0.642. The number of aliphatic carboxylic acids is 1. The average molecular weight is 467 g/mol. The Kier molecular flexibility index (Phi) is 6.78. The maximum absolute atomic E-state index is 12.8. The van der Waals surface area contributed by atoms with E-state index in [9.17, 15) is 18.0 Å². The topological polar surface area (TPSA) is 102 Å². The lowest BCUT2D eigenvalue weighted by molar-refractivity contribution is -0.192. The number of rotatable bonds is 3. The van der Waals surface area contributed by atoms with E-state index in [1.54, 1.807) is 0 Å². The van der Waals surface area contributed by atoms with Gasteiger partial charge in [0.15, 0.2) is 5.69 Å². The summed E-state index contributed by atoms with van der Waals surface area (Å²) in [4.78, 5) is 26.6. The number of fused-ring (bicyclic) bond motifs is 4. The number of amides is 1. The van der Waals surface area contributed by atoms with Crippen molar-refractivity contribution in [2.75, 3.05) is 37.6 Å². The van der Waals surface area contributed by atoms with Crippen molar-refractivity contribution in [3.63, 3.8) is 0 Å². The number of halogens is 3. The molecule has 4 saturated heterocycles. The number of carboxylic acid groups (broad SMARTS) is 1. The van der Waals surface area contributed by atoms with Gasteiger partial charge in [-0.2, -0.15) is 18.3 Å². The fraction of sp³-hybridized carbons (Fsp3) is 0.591. The Balaban J connectivity index is 0.000000325. The third kappa shape index (κ3) is 5.40. The zero-order valence-electron chi connectivity index (χ0n) is 18.2. The lowest BCUT2D eigenvalue weighted by atomic mass is 9.84. The van der Waals surface area contributed by atoms with Crippen molar-refractivity contribution in [1.82, 2.24) is 20.4 Å². The number of alkyl halides is 3. The first-order valence-corrected chi connectivity index (χ1v) is 11.3. The Hall–Kier alpha value is -2.82. The normalized spacial score (nSPS) is 24.8. The highest BCUT2D eigenvalue weighted by atomic mass is 19.4. The molecule has 1 aromatic carbocycles. The van der Waals surface area contributed by atoms with Gasteiger partial charge in [-0.25, -0.2) is 4.79 Å². The van der Waals surface area contributed by atoms with E-state index in [0.29, 0.717) is 11.6 Å². The second-order valence-corrected chi connectivity index (χ2v) is 8.87. The number of carboxylic acids is 1. The molecule has 4 aliphatic heterocycles. The summed E-state index contributed by atoms with van der Waals surface area (Å²) in [5, 5.41) is 18.7. The fourth-order valence-electron chi connectivity index (χ4n) is 4.89. The summed E-state index contributed by atoms with van der Waals surface area (Å²) < 4.78 is 31.7. The second kappa shape index (κ2) is 9.58. The van der Waals surface area contributed by atoms with Crippen LogP contribution >= 0.6 is 0 Å². The number of nitrogens with zero attached hydrogens (tertiary/aromatic N) is 3. The van der Waals surface area contributed by atoms with Crippen LogP contribution < -0.4 is 10.2 Å². The summed E-state index contributed by atoms with van der Waals surface area (Å²) in [7, 11) is 0. The van der Waals surface area contributed by atoms with E-state index in [1.807, 2.05) is 6.07 Å². The van der Waals surface area contributed by atoms with Gasteiger partial charge in [-0.05, 0) is 69.3 Å². The molecule has 0 unspecified atom stereocenters. The minimum Gasteiger partial charge on any atom is -0.475 e. The molecule has 6 rings (SSSR count). The van der Waals surface area contributed by atoms with Gasteiger partial charge in [-0.15, -0.1) is 0 Å². The molecule has 11 heteroatoms.